The predicted octanol–water partition coefficient (Wildman–Crippen LogP) is 5.21. The number of halogens is 8. The molecule has 2 heterocycles. The summed E-state index contributed by atoms with van der Waals surface area (Å²) in [6, 6.07) is 8.43. The fourth-order valence-corrected chi connectivity index (χ4v) is 4.33. The van der Waals surface area contributed by atoms with E-state index in [0.717, 1.165) is 17.7 Å². The van der Waals surface area contributed by atoms with Gasteiger partial charge in [-0.05, 0) is 49.4 Å². The monoisotopic (exact) mass is 652 g/mol. The number of aliphatic hydroxyl groups is 1. The second-order valence-electron chi connectivity index (χ2n) is 9.15. The second kappa shape index (κ2) is 12.0. The Balaban J connectivity index is 1.85. The summed E-state index contributed by atoms with van der Waals surface area (Å²) >= 11 is 11.7. The van der Waals surface area contributed by atoms with Crippen LogP contribution < -0.4 is 5.69 Å². The number of carbonyl (C=O) groups is 1. The lowest BCUT2D eigenvalue weighted by Crippen LogP contribution is -2.37. The standard InChI is InChI=1S/C25H20Cl2F6N6O4/c1-12(43-13(2)40)21-34-20(35-39(21)18-8-7-16(27)9-17(18)24(28,29)30)11-38-23(42)37(10-19(41)25(31,32)33)22(36-38)14-3-5-15(26)6-4-14/h3-9,12,19,41H,10-11H2,1-2H3. The van der Waals surface area contributed by atoms with Gasteiger partial charge in [-0.15, -0.1) is 10.2 Å². The number of hydrogen-bond donors (Lipinski definition) is 1. The first kappa shape index (κ1) is 32.0. The first-order valence-electron chi connectivity index (χ1n) is 12.1. The molecule has 0 aliphatic rings. The maximum Gasteiger partial charge on any atom is 0.418 e. The van der Waals surface area contributed by atoms with Crippen molar-refractivity contribution in [2.24, 2.45) is 0 Å². The van der Waals surface area contributed by atoms with Crippen LogP contribution in [0.15, 0.2) is 47.3 Å². The first-order valence-corrected chi connectivity index (χ1v) is 12.9. The van der Waals surface area contributed by atoms with Gasteiger partial charge < -0.3 is 9.84 Å². The molecule has 2 atom stereocenters. The van der Waals surface area contributed by atoms with Crippen molar-refractivity contribution in [1.29, 1.82) is 0 Å². The number of esters is 1. The summed E-state index contributed by atoms with van der Waals surface area (Å²) in [6.07, 6.45) is -14.1. The molecule has 10 nitrogen and oxygen atoms in total. The molecule has 2 aromatic heterocycles. The molecule has 2 aromatic carbocycles. The molecule has 4 rings (SSSR count). The smallest absolute Gasteiger partial charge is 0.418 e. The lowest BCUT2D eigenvalue weighted by atomic mass is 10.1. The third-order valence-corrected chi connectivity index (χ3v) is 6.41. The Hall–Kier alpha value is -3.89. The molecule has 2 unspecified atom stereocenters. The zero-order valence-corrected chi connectivity index (χ0v) is 23.5. The van der Waals surface area contributed by atoms with E-state index in [0.29, 0.717) is 15.3 Å². The summed E-state index contributed by atoms with van der Waals surface area (Å²) in [7, 11) is 0. The Morgan fingerprint density at radius 3 is 2.23 bits per heavy atom. The molecule has 18 heteroatoms. The number of carbonyl (C=O) groups excluding carboxylic acids is 1. The molecule has 0 radical (unpaired) electrons. The van der Waals surface area contributed by atoms with Crippen molar-refractivity contribution >= 4 is 29.2 Å². The van der Waals surface area contributed by atoms with Crippen LogP contribution in [0.4, 0.5) is 26.3 Å². The molecule has 4 aromatic rings. The van der Waals surface area contributed by atoms with Crippen LogP contribution in [0.2, 0.25) is 10.0 Å². The van der Waals surface area contributed by atoms with Crippen molar-refractivity contribution < 1.29 is 41.0 Å². The van der Waals surface area contributed by atoms with E-state index in [9.17, 15) is 41.0 Å². The van der Waals surface area contributed by atoms with Gasteiger partial charge >= 0.3 is 24.0 Å². The molecule has 1 N–H and O–H groups in total. The zero-order chi connectivity index (χ0) is 31.9. The van der Waals surface area contributed by atoms with Gasteiger partial charge in [0, 0.05) is 22.5 Å². The van der Waals surface area contributed by atoms with Crippen LogP contribution in [-0.4, -0.2) is 52.5 Å². The number of nitrogens with zero attached hydrogens (tertiary/aromatic N) is 6. The van der Waals surface area contributed by atoms with E-state index in [1.807, 2.05) is 0 Å². The van der Waals surface area contributed by atoms with Crippen molar-refractivity contribution in [3.8, 4) is 17.1 Å². The van der Waals surface area contributed by atoms with Gasteiger partial charge in [-0.1, -0.05) is 23.2 Å². The minimum Gasteiger partial charge on any atom is -0.455 e. The van der Waals surface area contributed by atoms with Crippen LogP contribution in [-0.2, 0) is 28.8 Å². The molecule has 0 saturated carbocycles. The Kier molecular flexibility index (Phi) is 8.95. The largest absolute Gasteiger partial charge is 0.455 e. The molecule has 0 spiro atoms. The van der Waals surface area contributed by atoms with E-state index in [1.54, 1.807) is 0 Å². The van der Waals surface area contributed by atoms with Gasteiger partial charge in [0.15, 0.2) is 29.7 Å². The van der Waals surface area contributed by atoms with Gasteiger partial charge in [-0.25, -0.2) is 19.1 Å². The number of rotatable bonds is 8. The SMILES string of the molecule is CC(=O)OC(C)c1nc(Cn2nc(-c3ccc(Cl)cc3)n(CC(O)C(F)(F)F)c2=O)nn1-c1ccc(Cl)cc1C(F)(F)F. The summed E-state index contributed by atoms with van der Waals surface area (Å²) < 4.78 is 88.4. The van der Waals surface area contributed by atoms with Crippen molar-refractivity contribution in [2.45, 2.75) is 51.5 Å². The topological polar surface area (TPSA) is 117 Å². The molecule has 0 bridgehead atoms. The number of benzene rings is 2. The molecule has 0 amide bonds. The molecule has 0 saturated heterocycles. The lowest BCUT2D eigenvalue weighted by molar-refractivity contribution is -0.207. The van der Waals surface area contributed by atoms with Crippen LogP contribution in [0, 0.1) is 0 Å². The van der Waals surface area contributed by atoms with Crippen LogP contribution in [0.25, 0.3) is 17.1 Å². The highest BCUT2D eigenvalue weighted by molar-refractivity contribution is 6.31. The van der Waals surface area contributed by atoms with Gasteiger partial charge in [0.25, 0.3) is 0 Å². The van der Waals surface area contributed by atoms with Crippen LogP contribution >= 0.6 is 23.2 Å². The highest BCUT2D eigenvalue weighted by Crippen LogP contribution is 2.36. The first-order chi connectivity index (χ1) is 20.0. The quantitative estimate of drug-likeness (QED) is 0.205. The number of ether oxygens (including phenoxy) is 1. The number of alkyl halides is 6. The van der Waals surface area contributed by atoms with Crippen molar-refractivity contribution in [1.82, 2.24) is 29.1 Å². The Labute approximate surface area is 248 Å². The number of hydrogen-bond acceptors (Lipinski definition) is 7. The maximum atomic E-state index is 13.9. The molecular formula is C25H20Cl2F6N6O4. The predicted molar refractivity (Wildman–Crippen MR) is 140 cm³/mol. The van der Waals surface area contributed by atoms with Crippen molar-refractivity contribution in [3.05, 3.63) is 80.2 Å². The highest BCUT2D eigenvalue weighted by Gasteiger charge is 2.40. The molecule has 0 aliphatic carbocycles. The normalized spacial score (nSPS) is 13.7. The van der Waals surface area contributed by atoms with Crippen LogP contribution in [0.5, 0.6) is 0 Å². The zero-order valence-electron chi connectivity index (χ0n) is 22.0. The van der Waals surface area contributed by atoms with E-state index in [1.165, 1.54) is 37.3 Å². The van der Waals surface area contributed by atoms with Gasteiger partial charge in [-0.3, -0.25) is 9.36 Å². The number of aliphatic hydroxyl groups excluding tert-OH is 1. The van der Waals surface area contributed by atoms with E-state index in [2.05, 4.69) is 15.2 Å². The minimum atomic E-state index is -5.06. The van der Waals surface area contributed by atoms with E-state index >= 15 is 0 Å². The third-order valence-electron chi connectivity index (χ3n) is 5.92. The summed E-state index contributed by atoms with van der Waals surface area (Å²) in [5.41, 5.74) is -2.66. The Bertz CT molecular complexity index is 1700. The summed E-state index contributed by atoms with van der Waals surface area (Å²) in [5.74, 6) is -1.62. The van der Waals surface area contributed by atoms with Gasteiger partial charge in [0.05, 0.1) is 17.8 Å². The molecular weight excluding hydrogens is 633 g/mol. The molecule has 43 heavy (non-hydrogen) atoms. The molecule has 0 aliphatic heterocycles. The van der Waals surface area contributed by atoms with Gasteiger partial charge in [0.2, 0.25) is 0 Å². The fourth-order valence-electron chi connectivity index (χ4n) is 4.03. The van der Waals surface area contributed by atoms with Crippen LogP contribution in [0.3, 0.4) is 0 Å². The van der Waals surface area contributed by atoms with Crippen molar-refractivity contribution in [3.63, 3.8) is 0 Å². The van der Waals surface area contributed by atoms with Gasteiger partial charge in [-0.2, -0.15) is 26.3 Å². The highest BCUT2D eigenvalue weighted by atomic mass is 35.5. The summed E-state index contributed by atoms with van der Waals surface area (Å²) in [6.45, 7) is 0.557. The van der Waals surface area contributed by atoms with E-state index < -0.39 is 60.6 Å². The van der Waals surface area contributed by atoms with Gasteiger partial charge in [0.1, 0.15) is 6.54 Å². The fraction of sp³-hybridized carbons (Fsp3) is 0.320. The average Bonchev–Trinajstić information content (AvgIpc) is 3.45. The third kappa shape index (κ3) is 7.19. The second-order valence-corrected chi connectivity index (χ2v) is 10.0. The maximum absolute atomic E-state index is 13.9. The summed E-state index contributed by atoms with van der Waals surface area (Å²) in [5, 5.41) is 17.9. The average molecular weight is 653 g/mol. The lowest BCUT2D eigenvalue weighted by Gasteiger charge is -2.17. The number of aromatic nitrogens is 6. The van der Waals surface area contributed by atoms with Crippen LogP contribution in [0.1, 0.15) is 37.2 Å². The van der Waals surface area contributed by atoms with E-state index in [-0.39, 0.29) is 33.1 Å². The van der Waals surface area contributed by atoms with E-state index in [4.69, 9.17) is 27.9 Å². The summed E-state index contributed by atoms with van der Waals surface area (Å²) in [4.78, 5) is 29.0. The molecule has 0 fully saturated rings. The Morgan fingerprint density at radius 1 is 1.02 bits per heavy atom. The minimum absolute atomic E-state index is 0.174. The van der Waals surface area contributed by atoms with Crippen molar-refractivity contribution in [2.75, 3.05) is 0 Å². The Morgan fingerprint density at radius 2 is 1.65 bits per heavy atom. The molecule has 230 valence electrons.